The van der Waals surface area contributed by atoms with Gasteiger partial charge in [-0.05, 0) is 49.1 Å². The molecule has 2 aliphatic rings. The molecule has 3 atom stereocenters. The average molecular weight is 310 g/mol. The van der Waals surface area contributed by atoms with E-state index in [2.05, 4.69) is 0 Å². The molecule has 0 spiro atoms. The Labute approximate surface area is 124 Å². The first kappa shape index (κ1) is 14.1. The minimum absolute atomic E-state index is 0.278. The Bertz CT molecular complexity index is 644. The van der Waals surface area contributed by atoms with Gasteiger partial charge < -0.3 is 0 Å². The van der Waals surface area contributed by atoms with E-state index in [1.54, 1.807) is 13.1 Å². The molecule has 20 heavy (non-hydrogen) atoms. The second kappa shape index (κ2) is 5.14. The van der Waals surface area contributed by atoms with E-state index in [0.29, 0.717) is 17.3 Å². The number of rotatable bonds is 4. The van der Waals surface area contributed by atoms with E-state index in [1.807, 2.05) is 6.07 Å². The fourth-order valence-electron chi connectivity index (χ4n) is 3.70. The summed E-state index contributed by atoms with van der Waals surface area (Å²) in [6.45, 7) is 0.614. The molecule has 0 radical (unpaired) electrons. The highest BCUT2D eigenvalue weighted by atomic mass is 32.2. The van der Waals surface area contributed by atoms with Crippen LogP contribution in [0.25, 0.3) is 0 Å². The highest BCUT2D eigenvalue weighted by Crippen LogP contribution is 2.48. The molecule has 0 amide bonds. The number of thiophene rings is 1. The standard InChI is InChI=1S/C14H18N2O2S2/c1-16(9-12-7-10-2-3-11(12)6-10)20(17,18)14-5-4-13(8-15)19-14/h4-5,10-12H,2-3,6-7,9H2,1H3. The first-order chi connectivity index (χ1) is 9.50. The summed E-state index contributed by atoms with van der Waals surface area (Å²) in [6.07, 6.45) is 5.06. The van der Waals surface area contributed by atoms with Gasteiger partial charge in [0, 0.05) is 13.6 Å². The third-order valence-electron chi connectivity index (χ3n) is 4.73. The highest BCUT2D eigenvalue weighted by Gasteiger charge is 2.41. The number of nitriles is 1. The third kappa shape index (κ3) is 2.39. The van der Waals surface area contributed by atoms with Gasteiger partial charge in [-0.2, -0.15) is 9.57 Å². The molecule has 1 heterocycles. The molecule has 0 saturated heterocycles. The first-order valence-corrected chi connectivity index (χ1v) is 9.22. The number of nitrogens with zero attached hydrogens (tertiary/aromatic N) is 2. The zero-order chi connectivity index (χ0) is 14.3. The van der Waals surface area contributed by atoms with E-state index in [0.717, 1.165) is 23.2 Å². The summed E-state index contributed by atoms with van der Waals surface area (Å²) in [5, 5.41) is 8.81. The Hall–Kier alpha value is -0.900. The number of sulfonamides is 1. The van der Waals surface area contributed by atoms with Crippen molar-refractivity contribution >= 4 is 21.4 Å². The summed E-state index contributed by atoms with van der Waals surface area (Å²) in [5.74, 6) is 2.06. The summed E-state index contributed by atoms with van der Waals surface area (Å²) in [7, 11) is -1.77. The van der Waals surface area contributed by atoms with Crippen LogP contribution in [0.15, 0.2) is 16.3 Å². The molecule has 1 aromatic heterocycles. The fraction of sp³-hybridized carbons (Fsp3) is 0.643. The molecular weight excluding hydrogens is 292 g/mol. The van der Waals surface area contributed by atoms with E-state index < -0.39 is 10.0 Å². The number of fused-ring (bicyclic) bond motifs is 2. The SMILES string of the molecule is CN(CC1CC2CCC1C2)S(=O)(=O)c1ccc(C#N)s1. The summed E-state index contributed by atoms with van der Waals surface area (Å²) in [4.78, 5) is 0.442. The van der Waals surface area contributed by atoms with Crippen LogP contribution in [0, 0.1) is 29.1 Å². The molecule has 0 N–H and O–H groups in total. The van der Waals surface area contributed by atoms with Crippen molar-refractivity contribution in [2.24, 2.45) is 17.8 Å². The van der Waals surface area contributed by atoms with E-state index >= 15 is 0 Å². The predicted octanol–water partition coefficient (Wildman–Crippen LogP) is 2.68. The van der Waals surface area contributed by atoms with Crippen molar-refractivity contribution in [2.45, 2.75) is 29.9 Å². The quantitative estimate of drug-likeness (QED) is 0.859. The topological polar surface area (TPSA) is 61.2 Å². The average Bonchev–Trinajstić information content (AvgIpc) is 3.14. The van der Waals surface area contributed by atoms with Crippen LogP contribution < -0.4 is 0 Å². The van der Waals surface area contributed by atoms with Crippen molar-refractivity contribution in [3.8, 4) is 6.07 Å². The second-order valence-electron chi connectivity index (χ2n) is 5.95. The Balaban J connectivity index is 1.72. The summed E-state index contributed by atoms with van der Waals surface area (Å²) in [6, 6.07) is 5.10. The smallest absolute Gasteiger partial charge is 0.206 e. The van der Waals surface area contributed by atoms with E-state index in [1.165, 1.54) is 36.1 Å². The maximum atomic E-state index is 12.5. The van der Waals surface area contributed by atoms with Gasteiger partial charge in [0.1, 0.15) is 15.2 Å². The first-order valence-electron chi connectivity index (χ1n) is 6.97. The normalized spacial score (nSPS) is 28.9. The van der Waals surface area contributed by atoms with Crippen LogP contribution in [0.4, 0.5) is 0 Å². The second-order valence-corrected chi connectivity index (χ2v) is 9.31. The van der Waals surface area contributed by atoms with Gasteiger partial charge in [-0.3, -0.25) is 0 Å². The number of hydrogen-bond acceptors (Lipinski definition) is 4. The zero-order valence-corrected chi connectivity index (χ0v) is 13.1. The molecule has 3 unspecified atom stereocenters. The molecule has 2 saturated carbocycles. The van der Waals surface area contributed by atoms with Crippen LogP contribution in [-0.4, -0.2) is 26.3 Å². The maximum Gasteiger partial charge on any atom is 0.252 e. The van der Waals surface area contributed by atoms with Crippen molar-refractivity contribution in [3.63, 3.8) is 0 Å². The van der Waals surface area contributed by atoms with Crippen molar-refractivity contribution < 1.29 is 8.42 Å². The van der Waals surface area contributed by atoms with Crippen LogP contribution in [0.5, 0.6) is 0 Å². The Morgan fingerprint density at radius 3 is 2.75 bits per heavy atom. The van der Waals surface area contributed by atoms with Crippen molar-refractivity contribution in [2.75, 3.05) is 13.6 Å². The minimum atomic E-state index is -3.43. The van der Waals surface area contributed by atoms with E-state index in [-0.39, 0.29) is 4.21 Å². The van der Waals surface area contributed by atoms with Crippen LogP contribution >= 0.6 is 11.3 Å². The van der Waals surface area contributed by atoms with Gasteiger partial charge in [-0.25, -0.2) is 8.42 Å². The van der Waals surface area contributed by atoms with E-state index in [9.17, 15) is 8.42 Å². The van der Waals surface area contributed by atoms with Crippen molar-refractivity contribution in [3.05, 3.63) is 17.0 Å². The lowest BCUT2D eigenvalue weighted by Crippen LogP contribution is -2.33. The molecule has 4 nitrogen and oxygen atoms in total. The van der Waals surface area contributed by atoms with Gasteiger partial charge in [0.15, 0.2) is 0 Å². The summed E-state index contributed by atoms with van der Waals surface area (Å²) in [5.41, 5.74) is 0. The molecular formula is C14H18N2O2S2. The Morgan fingerprint density at radius 2 is 2.20 bits per heavy atom. The predicted molar refractivity (Wildman–Crippen MR) is 77.8 cm³/mol. The Kier molecular flexibility index (Phi) is 3.61. The molecule has 108 valence electrons. The Morgan fingerprint density at radius 1 is 1.40 bits per heavy atom. The maximum absolute atomic E-state index is 12.5. The molecule has 2 fully saturated rings. The lowest BCUT2D eigenvalue weighted by Gasteiger charge is -2.26. The highest BCUT2D eigenvalue weighted by molar-refractivity contribution is 7.91. The molecule has 2 bridgehead atoms. The van der Waals surface area contributed by atoms with Gasteiger partial charge in [-0.1, -0.05) is 6.42 Å². The monoisotopic (exact) mass is 310 g/mol. The lowest BCUT2D eigenvalue weighted by atomic mass is 9.89. The van der Waals surface area contributed by atoms with Crippen molar-refractivity contribution in [1.29, 1.82) is 5.26 Å². The largest absolute Gasteiger partial charge is 0.252 e. The molecule has 2 aliphatic carbocycles. The van der Waals surface area contributed by atoms with Gasteiger partial charge in [-0.15, -0.1) is 11.3 Å². The minimum Gasteiger partial charge on any atom is -0.206 e. The molecule has 0 aromatic carbocycles. The number of hydrogen-bond donors (Lipinski definition) is 0. The van der Waals surface area contributed by atoms with E-state index in [4.69, 9.17) is 5.26 Å². The molecule has 3 rings (SSSR count). The van der Waals surface area contributed by atoms with Gasteiger partial charge in [0.25, 0.3) is 10.0 Å². The van der Waals surface area contributed by atoms with Crippen LogP contribution in [0.1, 0.15) is 30.6 Å². The zero-order valence-electron chi connectivity index (χ0n) is 11.4. The molecule has 1 aromatic rings. The van der Waals surface area contributed by atoms with Crippen molar-refractivity contribution in [1.82, 2.24) is 4.31 Å². The van der Waals surface area contributed by atoms with Crippen LogP contribution in [0.3, 0.4) is 0 Å². The summed E-state index contributed by atoms with van der Waals surface area (Å²) >= 11 is 1.05. The molecule has 6 heteroatoms. The fourth-order valence-corrected chi connectivity index (χ4v) is 6.24. The van der Waals surface area contributed by atoms with Gasteiger partial charge >= 0.3 is 0 Å². The molecule has 0 aliphatic heterocycles. The lowest BCUT2D eigenvalue weighted by molar-refractivity contribution is 0.280. The third-order valence-corrected chi connectivity index (χ3v) is 8.01. The summed E-state index contributed by atoms with van der Waals surface area (Å²) < 4.78 is 26.7. The van der Waals surface area contributed by atoms with Crippen LogP contribution in [-0.2, 0) is 10.0 Å². The van der Waals surface area contributed by atoms with Gasteiger partial charge in [0.05, 0.1) is 0 Å². The van der Waals surface area contributed by atoms with Gasteiger partial charge in [0.2, 0.25) is 0 Å². The van der Waals surface area contributed by atoms with Crippen LogP contribution in [0.2, 0.25) is 0 Å².